The van der Waals surface area contributed by atoms with Gasteiger partial charge in [0.1, 0.15) is 5.78 Å². The molecule has 0 bridgehead atoms. The Morgan fingerprint density at radius 3 is 2.74 bits per heavy atom. The van der Waals surface area contributed by atoms with Gasteiger partial charge < -0.3 is 15.0 Å². The Bertz CT molecular complexity index is 605. The van der Waals surface area contributed by atoms with Gasteiger partial charge in [-0.15, -0.1) is 0 Å². The third-order valence-electron chi connectivity index (χ3n) is 5.47. The van der Waals surface area contributed by atoms with Crippen molar-refractivity contribution in [2.24, 2.45) is 11.8 Å². The third kappa shape index (κ3) is 8.23. The first-order valence-electron chi connectivity index (χ1n) is 10.3. The van der Waals surface area contributed by atoms with Crippen molar-refractivity contribution in [1.82, 2.24) is 0 Å². The molecule has 1 aromatic rings. The zero-order valence-corrected chi connectivity index (χ0v) is 16.5. The van der Waals surface area contributed by atoms with Gasteiger partial charge in [0.2, 0.25) is 0 Å². The first-order valence-corrected chi connectivity index (χ1v) is 10.3. The summed E-state index contributed by atoms with van der Waals surface area (Å²) in [6.07, 6.45) is 14.3. The fourth-order valence-electron chi connectivity index (χ4n) is 3.81. The van der Waals surface area contributed by atoms with E-state index < -0.39 is 6.10 Å². The Hall–Kier alpha value is -1.71. The lowest BCUT2D eigenvalue weighted by Gasteiger charge is -2.18. The number of aliphatic hydroxyl groups excluding tert-OH is 2. The molecule has 27 heavy (non-hydrogen) atoms. The van der Waals surface area contributed by atoms with E-state index in [2.05, 4.69) is 30.4 Å². The van der Waals surface area contributed by atoms with Crippen LogP contribution in [-0.4, -0.2) is 28.2 Å². The van der Waals surface area contributed by atoms with Crippen LogP contribution in [0.4, 0.5) is 0 Å². The summed E-state index contributed by atoms with van der Waals surface area (Å²) in [6, 6.07) is 10.2. The maximum atomic E-state index is 10.9. The Labute approximate surface area is 163 Å². The van der Waals surface area contributed by atoms with Gasteiger partial charge in [0.05, 0.1) is 12.2 Å². The van der Waals surface area contributed by atoms with Gasteiger partial charge in [-0.1, -0.05) is 54.6 Å². The van der Waals surface area contributed by atoms with E-state index in [0.29, 0.717) is 12.3 Å². The molecule has 1 saturated carbocycles. The number of Topliss-reactive ketones (excluding diaryl/α,β-unsaturated/α-hetero) is 1. The summed E-state index contributed by atoms with van der Waals surface area (Å²) < 4.78 is 0. The average Bonchev–Trinajstić information content (AvgIpc) is 3.01. The van der Waals surface area contributed by atoms with Gasteiger partial charge in [0, 0.05) is 6.42 Å². The number of allylic oxidation sites excluding steroid dienone is 3. The average molecular weight is 371 g/mol. The highest BCUT2D eigenvalue weighted by Crippen LogP contribution is 2.36. The van der Waals surface area contributed by atoms with Crippen molar-refractivity contribution in [3.05, 3.63) is 60.2 Å². The lowest BCUT2D eigenvalue weighted by atomic mass is 9.90. The number of aryl methyl sites for hydroxylation is 1. The molecule has 1 fully saturated rings. The molecule has 4 unspecified atom stereocenters. The van der Waals surface area contributed by atoms with Gasteiger partial charge >= 0.3 is 0 Å². The van der Waals surface area contributed by atoms with Crippen LogP contribution in [0.1, 0.15) is 57.4 Å². The smallest absolute Gasteiger partial charge is 0.129 e. The number of carbonyl (C=O) groups excluding carboxylic acids is 1. The largest absolute Gasteiger partial charge is 0.393 e. The summed E-state index contributed by atoms with van der Waals surface area (Å²) in [5.74, 6) is 0.797. The van der Waals surface area contributed by atoms with Crippen LogP contribution < -0.4 is 0 Å². The quantitative estimate of drug-likeness (QED) is 0.441. The molecule has 0 heterocycles. The molecule has 2 rings (SSSR count). The van der Waals surface area contributed by atoms with E-state index in [9.17, 15) is 15.0 Å². The molecule has 3 heteroatoms. The van der Waals surface area contributed by atoms with Crippen molar-refractivity contribution in [1.29, 1.82) is 0 Å². The van der Waals surface area contributed by atoms with Gasteiger partial charge in [0.25, 0.3) is 0 Å². The van der Waals surface area contributed by atoms with E-state index in [0.717, 1.165) is 44.9 Å². The molecule has 0 spiro atoms. The van der Waals surface area contributed by atoms with Crippen LogP contribution in [-0.2, 0) is 11.2 Å². The molecular formula is C24H34O3. The molecule has 1 aromatic carbocycles. The summed E-state index contributed by atoms with van der Waals surface area (Å²) in [4.78, 5) is 10.9. The standard InChI is InChI=1S/C24H34O3/c1-19(25)9-5-2-3-8-12-23-21(15-18-24(23)27)14-17-22(26)16-13-20-10-6-4-7-11-20/h3-4,6-8,10-11,14,17,21-24,26-27H,2,5,9,12-13,15-16,18H2,1H3. The van der Waals surface area contributed by atoms with Crippen molar-refractivity contribution < 1.29 is 15.0 Å². The van der Waals surface area contributed by atoms with Crippen LogP contribution in [0.25, 0.3) is 0 Å². The fraction of sp³-hybridized carbons (Fsp3) is 0.542. The van der Waals surface area contributed by atoms with Crippen LogP contribution in [0, 0.1) is 11.8 Å². The minimum atomic E-state index is -0.439. The molecule has 0 aliphatic heterocycles. The van der Waals surface area contributed by atoms with E-state index >= 15 is 0 Å². The zero-order valence-electron chi connectivity index (χ0n) is 16.5. The predicted molar refractivity (Wildman–Crippen MR) is 110 cm³/mol. The normalized spacial score (nSPS) is 24.0. The Balaban J connectivity index is 1.75. The minimum Gasteiger partial charge on any atom is -0.393 e. The van der Waals surface area contributed by atoms with Gasteiger partial charge in [-0.25, -0.2) is 0 Å². The van der Waals surface area contributed by atoms with E-state index in [1.807, 2.05) is 24.3 Å². The molecular weight excluding hydrogens is 336 g/mol. The molecule has 0 radical (unpaired) electrons. The van der Waals surface area contributed by atoms with Crippen LogP contribution in [0.5, 0.6) is 0 Å². The van der Waals surface area contributed by atoms with Crippen LogP contribution >= 0.6 is 0 Å². The van der Waals surface area contributed by atoms with Crippen LogP contribution in [0.15, 0.2) is 54.6 Å². The lowest BCUT2D eigenvalue weighted by Crippen LogP contribution is -2.17. The molecule has 4 atom stereocenters. The monoisotopic (exact) mass is 370 g/mol. The second-order valence-electron chi connectivity index (χ2n) is 7.75. The van der Waals surface area contributed by atoms with Crippen molar-refractivity contribution in [2.75, 3.05) is 0 Å². The molecule has 3 nitrogen and oxygen atoms in total. The van der Waals surface area contributed by atoms with Crippen molar-refractivity contribution >= 4 is 5.78 Å². The van der Waals surface area contributed by atoms with E-state index in [-0.39, 0.29) is 17.8 Å². The number of unbranched alkanes of at least 4 members (excludes halogenated alkanes) is 1. The molecule has 0 aromatic heterocycles. The zero-order chi connectivity index (χ0) is 19.5. The number of rotatable bonds is 11. The fourth-order valence-corrected chi connectivity index (χ4v) is 3.81. The number of benzene rings is 1. The summed E-state index contributed by atoms with van der Waals surface area (Å²) in [6.45, 7) is 1.63. The number of hydrogen-bond acceptors (Lipinski definition) is 3. The van der Waals surface area contributed by atoms with Gasteiger partial charge in [-0.2, -0.15) is 0 Å². The Morgan fingerprint density at radius 2 is 2.00 bits per heavy atom. The predicted octanol–water partition coefficient (Wildman–Crippen LogP) is 4.63. The Morgan fingerprint density at radius 1 is 1.22 bits per heavy atom. The van der Waals surface area contributed by atoms with Gasteiger partial charge in [0.15, 0.2) is 0 Å². The molecule has 1 aliphatic rings. The van der Waals surface area contributed by atoms with E-state index in [4.69, 9.17) is 0 Å². The first-order chi connectivity index (χ1) is 13.1. The Kier molecular flexibility index (Phi) is 9.51. The second kappa shape index (κ2) is 11.9. The maximum absolute atomic E-state index is 10.9. The summed E-state index contributed by atoms with van der Waals surface area (Å²) >= 11 is 0. The number of carbonyl (C=O) groups is 1. The SMILES string of the molecule is CC(=O)CCCC=CCC1C(O)CCC1C=CC(O)CCc1ccccc1. The number of hydrogen-bond donors (Lipinski definition) is 2. The van der Waals surface area contributed by atoms with Crippen LogP contribution in [0.3, 0.4) is 0 Å². The van der Waals surface area contributed by atoms with Crippen molar-refractivity contribution in [3.63, 3.8) is 0 Å². The molecule has 148 valence electrons. The molecule has 2 N–H and O–H groups in total. The number of aliphatic hydroxyl groups is 2. The lowest BCUT2D eigenvalue weighted by molar-refractivity contribution is -0.117. The summed E-state index contributed by atoms with van der Waals surface area (Å²) in [7, 11) is 0. The molecule has 1 aliphatic carbocycles. The summed E-state index contributed by atoms with van der Waals surface area (Å²) in [5, 5.41) is 20.5. The van der Waals surface area contributed by atoms with E-state index in [1.165, 1.54) is 5.56 Å². The molecule has 0 amide bonds. The topological polar surface area (TPSA) is 57.5 Å². The minimum absolute atomic E-state index is 0.228. The second-order valence-corrected chi connectivity index (χ2v) is 7.75. The highest BCUT2D eigenvalue weighted by Gasteiger charge is 2.32. The third-order valence-corrected chi connectivity index (χ3v) is 5.47. The highest BCUT2D eigenvalue weighted by molar-refractivity contribution is 5.75. The van der Waals surface area contributed by atoms with Crippen LogP contribution in [0.2, 0.25) is 0 Å². The highest BCUT2D eigenvalue weighted by atomic mass is 16.3. The number of ketones is 1. The maximum Gasteiger partial charge on any atom is 0.129 e. The van der Waals surface area contributed by atoms with Gasteiger partial charge in [-0.05, 0) is 69.3 Å². The summed E-state index contributed by atoms with van der Waals surface area (Å²) in [5.41, 5.74) is 1.24. The van der Waals surface area contributed by atoms with Crippen molar-refractivity contribution in [2.45, 2.75) is 70.5 Å². The molecule has 0 saturated heterocycles. The van der Waals surface area contributed by atoms with Gasteiger partial charge in [-0.3, -0.25) is 0 Å². The van der Waals surface area contributed by atoms with E-state index in [1.54, 1.807) is 6.92 Å². The van der Waals surface area contributed by atoms with Crippen molar-refractivity contribution in [3.8, 4) is 0 Å². The first kappa shape index (κ1) is 21.6.